The number of amides is 1. The molecule has 0 aliphatic carbocycles. The average molecular weight is 278 g/mol. The van der Waals surface area contributed by atoms with Crippen LogP contribution in [-0.4, -0.2) is 37.0 Å². The summed E-state index contributed by atoms with van der Waals surface area (Å²) in [5.41, 5.74) is 12.8. The van der Waals surface area contributed by atoms with Crippen molar-refractivity contribution in [1.82, 2.24) is 4.90 Å². The van der Waals surface area contributed by atoms with E-state index < -0.39 is 5.91 Å². The van der Waals surface area contributed by atoms with Crippen LogP contribution in [-0.2, 0) is 0 Å². The highest BCUT2D eigenvalue weighted by atomic mass is 16.1. The molecule has 5 N–H and O–H groups in total. The van der Waals surface area contributed by atoms with Gasteiger partial charge < -0.3 is 21.7 Å². The Morgan fingerprint density at radius 2 is 2.05 bits per heavy atom. The number of para-hydroxylation sites is 1. The Kier molecular flexibility index (Phi) is 6.31. The molecule has 0 radical (unpaired) electrons. The van der Waals surface area contributed by atoms with Crippen molar-refractivity contribution >= 4 is 17.3 Å². The van der Waals surface area contributed by atoms with Crippen LogP contribution in [0.4, 0.5) is 11.4 Å². The second kappa shape index (κ2) is 7.75. The van der Waals surface area contributed by atoms with E-state index in [2.05, 4.69) is 31.1 Å². The van der Waals surface area contributed by atoms with E-state index in [0.717, 1.165) is 31.6 Å². The number of carbonyl (C=O) groups is 1. The minimum Gasteiger partial charge on any atom is -0.396 e. The van der Waals surface area contributed by atoms with E-state index in [1.165, 1.54) is 0 Å². The van der Waals surface area contributed by atoms with Gasteiger partial charge in [-0.3, -0.25) is 4.79 Å². The summed E-state index contributed by atoms with van der Waals surface area (Å²) in [6.45, 7) is 6.29. The molecule has 5 nitrogen and oxygen atoms in total. The zero-order chi connectivity index (χ0) is 15.1. The van der Waals surface area contributed by atoms with Crippen LogP contribution in [0.5, 0.6) is 0 Å². The lowest BCUT2D eigenvalue weighted by molar-refractivity contribution is 0.100. The fourth-order valence-corrected chi connectivity index (χ4v) is 1.90. The minimum absolute atomic E-state index is 0.370. The number of rotatable bonds is 8. The Hall–Kier alpha value is -1.75. The number of anilines is 2. The van der Waals surface area contributed by atoms with E-state index in [1.54, 1.807) is 12.1 Å². The SMILES string of the molecule is CC(C)N(C)CCCCNc1cccc(C(N)=O)c1N. The molecule has 112 valence electrons. The lowest BCUT2D eigenvalue weighted by Crippen LogP contribution is -2.27. The first-order valence-corrected chi connectivity index (χ1v) is 7.06. The first kappa shape index (κ1) is 16.3. The van der Waals surface area contributed by atoms with Crippen LogP contribution < -0.4 is 16.8 Å². The molecular weight excluding hydrogens is 252 g/mol. The van der Waals surface area contributed by atoms with Gasteiger partial charge in [0, 0.05) is 12.6 Å². The van der Waals surface area contributed by atoms with Crippen molar-refractivity contribution in [2.24, 2.45) is 5.73 Å². The maximum Gasteiger partial charge on any atom is 0.250 e. The van der Waals surface area contributed by atoms with E-state index in [0.29, 0.717) is 17.3 Å². The number of nitrogen functional groups attached to an aromatic ring is 1. The zero-order valence-corrected chi connectivity index (χ0v) is 12.6. The average Bonchev–Trinajstić information content (AvgIpc) is 2.39. The Morgan fingerprint density at radius 3 is 2.65 bits per heavy atom. The largest absolute Gasteiger partial charge is 0.396 e. The van der Waals surface area contributed by atoms with Crippen LogP contribution >= 0.6 is 0 Å². The second-order valence-electron chi connectivity index (χ2n) is 5.34. The fourth-order valence-electron chi connectivity index (χ4n) is 1.90. The van der Waals surface area contributed by atoms with E-state index >= 15 is 0 Å². The predicted molar refractivity (Wildman–Crippen MR) is 84.9 cm³/mol. The van der Waals surface area contributed by atoms with Gasteiger partial charge in [-0.15, -0.1) is 0 Å². The Bertz CT molecular complexity index is 445. The fraction of sp³-hybridized carbons (Fsp3) is 0.533. The van der Waals surface area contributed by atoms with Gasteiger partial charge in [-0.1, -0.05) is 6.07 Å². The highest BCUT2D eigenvalue weighted by Crippen LogP contribution is 2.22. The molecular formula is C15H26N4O. The quantitative estimate of drug-likeness (QED) is 0.501. The van der Waals surface area contributed by atoms with Crippen LogP contribution in [0.3, 0.4) is 0 Å². The highest BCUT2D eigenvalue weighted by molar-refractivity contribution is 6.00. The maximum atomic E-state index is 11.2. The number of benzene rings is 1. The summed E-state index contributed by atoms with van der Waals surface area (Å²) in [6, 6.07) is 5.86. The molecule has 0 saturated carbocycles. The lowest BCUT2D eigenvalue weighted by Gasteiger charge is -2.20. The molecule has 1 amide bonds. The molecule has 0 spiro atoms. The van der Waals surface area contributed by atoms with Crippen LogP contribution in [0.25, 0.3) is 0 Å². The van der Waals surface area contributed by atoms with Gasteiger partial charge in [0.1, 0.15) is 0 Å². The van der Waals surface area contributed by atoms with Crippen molar-refractivity contribution in [2.75, 3.05) is 31.2 Å². The number of hydrogen-bond donors (Lipinski definition) is 3. The molecule has 0 saturated heterocycles. The third-order valence-corrected chi connectivity index (χ3v) is 3.51. The van der Waals surface area contributed by atoms with E-state index in [-0.39, 0.29) is 0 Å². The summed E-state index contributed by atoms with van der Waals surface area (Å²) in [6.07, 6.45) is 2.17. The zero-order valence-electron chi connectivity index (χ0n) is 12.6. The standard InChI is InChI=1S/C15H26N4O/c1-11(2)19(3)10-5-4-9-18-13-8-6-7-12(14(13)16)15(17)20/h6-8,11,18H,4-5,9-10,16H2,1-3H3,(H2,17,20). The molecule has 5 heteroatoms. The molecule has 0 aliphatic heterocycles. The summed E-state index contributed by atoms with van der Waals surface area (Å²) in [5.74, 6) is -0.496. The van der Waals surface area contributed by atoms with Crippen LogP contribution in [0.2, 0.25) is 0 Å². The van der Waals surface area contributed by atoms with Crippen molar-refractivity contribution in [3.63, 3.8) is 0 Å². The number of carbonyl (C=O) groups excluding carboxylic acids is 1. The number of nitrogens with two attached hydrogens (primary N) is 2. The second-order valence-corrected chi connectivity index (χ2v) is 5.34. The summed E-state index contributed by atoms with van der Waals surface area (Å²) < 4.78 is 0. The summed E-state index contributed by atoms with van der Waals surface area (Å²) in [4.78, 5) is 13.5. The van der Waals surface area contributed by atoms with Gasteiger partial charge in [0.05, 0.1) is 16.9 Å². The first-order chi connectivity index (χ1) is 9.43. The molecule has 20 heavy (non-hydrogen) atoms. The van der Waals surface area contributed by atoms with Gasteiger partial charge in [-0.25, -0.2) is 0 Å². The Morgan fingerprint density at radius 1 is 1.35 bits per heavy atom. The molecule has 1 aromatic carbocycles. The smallest absolute Gasteiger partial charge is 0.250 e. The molecule has 1 rings (SSSR count). The topological polar surface area (TPSA) is 84.4 Å². The summed E-state index contributed by atoms with van der Waals surface area (Å²) in [7, 11) is 2.13. The lowest BCUT2D eigenvalue weighted by atomic mass is 10.1. The molecule has 1 aromatic rings. The van der Waals surface area contributed by atoms with Gasteiger partial charge in [0.2, 0.25) is 0 Å². The predicted octanol–water partition coefficient (Wildman–Crippen LogP) is 1.90. The molecule has 0 bridgehead atoms. The van der Waals surface area contributed by atoms with Crippen LogP contribution in [0, 0.1) is 0 Å². The monoisotopic (exact) mass is 278 g/mol. The van der Waals surface area contributed by atoms with Gasteiger partial charge in [0.25, 0.3) is 5.91 Å². The van der Waals surface area contributed by atoms with E-state index in [1.807, 2.05) is 6.07 Å². The van der Waals surface area contributed by atoms with Crippen LogP contribution in [0.15, 0.2) is 18.2 Å². The minimum atomic E-state index is -0.496. The first-order valence-electron chi connectivity index (χ1n) is 7.06. The summed E-state index contributed by atoms with van der Waals surface area (Å²) >= 11 is 0. The van der Waals surface area contributed by atoms with Crippen molar-refractivity contribution in [3.8, 4) is 0 Å². The Balaban J connectivity index is 2.40. The van der Waals surface area contributed by atoms with E-state index in [9.17, 15) is 4.79 Å². The van der Waals surface area contributed by atoms with Crippen molar-refractivity contribution < 1.29 is 4.79 Å². The molecule has 0 atom stereocenters. The molecule has 0 unspecified atom stereocenters. The van der Waals surface area contributed by atoms with Gasteiger partial charge in [-0.2, -0.15) is 0 Å². The normalized spacial score (nSPS) is 11.1. The number of nitrogens with zero attached hydrogens (tertiary/aromatic N) is 1. The molecule has 0 fully saturated rings. The number of unbranched alkanes of at least 4 members (excludes halogenated alkanes) is 1. The molecule has 0 aromatic heterocycles. The van der Waals surface area contributed by atoms with Gasteiger partial charge >= 0.3 is 0 Å². The summed E-state index contributed by atoms with van der Waals surface area (Å²) in [5, 5.41) is 3.26. The third-order valence-electron chi connectivity index (χ3n) is 3.51. The maximum absolute atomic E-state index is 11.2. The van der Waals surface area contributed by atoms with Gasteiger partial charge in [-0.05, 0) is 52.4 Å². The van der Waals surface area contributed by atoms with Crippen molar-refractivity contribution in [2.45, 2.75) is 32.7 Å². The van der Waals surface area contributed by atoms with Gasteiger partial charge in [0.15, 0.2) is 0 Å². The van der Waals surface area contributed by atoms with Crippen molar-refractivity contribution in [3.05, 3.63) is 23.8 Å². The Labute approximate surface area is 121 Å². The third kappa shape index (κ3) is 4.74. The molecule has 0 aliphatic rings. The number of primary amides is 1. The molecule has 0 heterocycles. The highest BCUT2D eigenvalue weighted by Gasteiger charge is 2.08. The van der Waals surface area contributed by atoms with Crippen molar-refractivity contribution in [1.29, 1.82) is 0 Å². The van der Waals surface area contributed by atoms with Crippen LogP contribution in [0.1, 0.15) is 37.0 Å². The number of hydrogen-bond acceptors (Lipinski definition) is 4. The number of nitrogens with one attached hydrogen (secondary N) is 1. The van der Waals surface area contributed by atoms with E-state index in [4.69, 9.17) is 11.5 Å².